The third-order valence-corrected chi connectivity index (χ3v) is 4.60. The van der Waals surface area contributed by atoms with E-state index in [-0.39, 0.29) is 11.6 Å². The molecule has 0 aliphatic carbocycles. The zero-order chi connectivity index (χ0) is 14.6. The van der Waals surface area contributed by atoms with E-state index in [1.807, 2.05) is 4.72 Å². The summed E-state index contributed by atoms with van der Waals surface area (Å²) in [5, 5.41) is 18.0. The lowest BCUT2D eigenvalue weighted by Crippen LogP contribution is -2.40. The highest BCUT2D eigenvalue weighted by molar-refractivity contribution is 7.91. The Bertz CT molecular complexity index is 582. The molecule has 1 aromatic rings. The van der Waals surface area contributed by atoms with E-state index in [0.717, 1.165) is 0 Å². The molecule has 0 fully saturated rings. The van der Waals surface area contributed by atoms with Gasteiger partial charge in [-0.2, -0.15) is 4.72 Å². The van der Waals surface area contributed by atoms with Crippen molar-refractivity contribution in [2.24, 2.45) is 0 Å². The molecular formula is C8H12N4O5S2. The maximum Gasteiger partial charge on any atom is 0.321 e. The van der Waals surface area contributed by atoms with Crippen LogP contribution in [0.3, 0.4) is 0 Å². The fourth-order valence-electron chi connectivity index (χ4n) is 1.07. The van der Waals surface area contributed by atoms with Gasteiger partial charge in [-0.1, -0.05) is 18.3 Å². The molecule has 3 N–H and O–H groups in total. The highest BCUT2D eigenvalue weighted by Crippen LogP contribution is 2.20. The molecule has 106 valence electrons. The number of rotatable bonds is 6. The van der Waals surface area contributed by atoms with Crippen LogP contribution in [0.5, 0.6) is 0 Å². The van der Waals surface area contributed by atoms with Crippen molar-refractivity contribution in [2.45, 2.75) is 30.6 Å². The number of amides is 1. The molecule has 9 nitrogen and oxygen atoms in total. The largest absolute Gasteiger partial charge is 0.480 e. The minimum atomic E-state index is -4.07. The van der Waals surface area contributed by atoms with Crippen molar-refractivity contribution < 1.29 is 23.1 Å². The molecule has 11 heteroatoms. The van der Waals surface area contributed by atoms with Gasteiger partial charge in [-0.25, -0.2) is 8.42 Å². The number of nitrogens with zero attached hydrogens (tertiary/aromatic N) is 2. The van der Waals surface area contributed by atoms with Gasteiger partial charge in [0.25, 0.3) is 10.0 Å². The molecule has 0 unspecified atom stereocenters. The van der Waals surface area contributed by atoms with Gasteiger partial charge < -0.3 is 10.4 Å². The lowest BCUT2D eigenvalue weighted by atomic mass is 10.2. The first-order valence-corrected chi connectivity index (χ1v) is 7.42. The Morgan fingerprint density at radius 1 is 1.42 bits per heavy atom. The molecule has 0 radical (unpaired) electrons. The molecule has 0 spiro atoms. The van der Waals surface area contributed by atoms with Crippen LogP contribution in [0.1, 0.15) is 20.3 Å². The lowest BCUT2D eigenvalue weighted by Gasteiger charge is -2.10. The topological polar surface area (TPSA) is 138 Å². The second kappa shape index (κ2) is 6.04. The van der Waals surface area contributed by atoms with E-state index >= 15 is 0 Å². The average molecular weight is 308 g/mol. The van der Waals surface area contributed by atoms with E-state index < -0.39 is 32.3 Å². The summed E-state index contributed by atoms with van der Waals surface area (Å²) < 4.78 is 25.2. The van der Waals surface area contributed by atoms with Crippen LogP contribution in [-0.4, -0.2) is 41.6 Å². The summed E-state index contributed by atoms with van der Waals surface area (Å²) in [6.07, 6.45) is 0.0892. The Morgan fingerprint density at radius 2 is 2.05 bits per heavy atom. The van der Waals surface area contributed by atoms with Crippen LogP contribution < -0.4 is 10.0 Å². The fraction of sp³-hybridized carbons (Fsp3) is 0.500. The van der Waals surface area contributed by atoms with Crippen LogP contribution in [0.4, 0.5) is 5.13 Å². The van der Waals surface area contributed by atoms with Crippen molar-refractivity contribution in [3.8, 4) is 0 Å². The standard InChI is InChI=1S/C8H12N4O5S2/c1-3-5(6(14)15)12-19(16,17)8-11-10-7(18-8)9-4(2)13/h5,12H,3H2,1-2H3,(H,14,15)(H,9,10,13)/t5-/m0/s1. The summed E-state index contributed by atoms with van der Waals surface area (Å²) >= 11 is 0.635. The average Bonchev–Trinajstić information content (AvgIpc) is 2.73. The van der Waals surface area contributed by atoms with Crippen LogP contribution in [0.25, 0.3) is 0 Å². The molecule has 1 aromatic heterocycles. The van der Waals surface area contributed by atoms with E-state index in [2.05, 4.69) is 15.5 Å². The molecule has 0 aliphatic rings. The molecular weight excluding hydrogens is 296 g/mol. The van der Waals surface area contributed by atoms with Gasteiger partial charge in [0.2, 0.25) is 15.4 Å². The first-order valence-electron chi connectivity index (χ1n) is 5.12. The number of carbonyl (C=O) groups excluding carboxylic acids is 1. The van der Waals surface area contributed by atoms with Crippen molar-refractivity contribution in [3.63, 3.8) is 0 Å². The second-order valence-corrected chi connectivity index (χ2v) is 6.34. The minimum Gasteiger partial charge on any atom is -0.480 e. The number of hydrogen-bond donors (Lipinski definition) is 3. The zero-order valence-corrected chi connectivity index (χ0v) is 11.7. The number of carboxylic acids is 1. The SMILES string of the molecule is CC[C@H](NS(=O)(=O)c1nnc(NC(C)=O)s1)C(=O)O. The Hall–Kier alpha value is -1.59. The number of nitrogens with one attached hydrogen (secondary N) is 2. The van der Waals surface area contributed by atoms with Gasteiger partial charge >= 0.3 is 5.97 Å². The summed E-state index contributed by atoms with van der Waals surface area (Å²) in [5.74, 6) is -1.69. The van der Waals surface area contributed by atoms with Crippen molar-refractivity contribution in [2.75, 3.05) is 5.32 Å². The zero-order valence-electron chi connectivity index (χ0n) is 10.1. The van der Waals surface area contributed by atoms with Crippen molar-refractivity contribution in [1.29, 1.82) is 0 Å². The fourth-order valence-corrected chi connectivity index (χ4v) is 3.30. The van der Waals surface area contributed by atoms with E-state index in [1.165, 1.54) is 13.8 Å². The van der Waals surface area contributed by atoms with Crippen molar-refractivity contribution in [3.05, 3.63) is 0 Å². The summed E-state index contributed by atoms with van der Waals surface area (Å²) in [6.45, 7) is 2.77. The number of carboxylic acid groups (broad SMARTS) is 1. The van der Waals surface area contributed by atoms with E-state index in [4.69, 9.17) is 5.11 Å². The highest BCUT2D eigenvalue weighted by atomic mass is 32.2. The third kappa shape index (κ3) is 4.22. The number of aromatic nitrogens is 2. The summed E-state index contributed by atoms with van der Waals surface area (Å²) in [4.78, 5) is 21.5. The van der Waals surface area contributed by atoms with Gasteiger partial charge in [0, 0.05) is 6.92 Å². The third-order valence-electron chi connectivity index (χ3n) is 1.92. The maximum atomic E-state index is 11.8. The molecule has 0 aliphatic heterocycles. The van der Waals surface area contributed by atoms with Gasteiger partial charge in [-0.15, -0.1) is 10.2 Å². The molecule has 0 bridgehead atoms. The number of sulfonamides is 1. The smallest absolute Gasteiger partial charge is 0.321 e. The van der Waals surface area contributed by atoms with Gasteiger partial charge in [-0.3, -0.25) is 9.59 Å². The Labute approximate surface area is 113 Å². The maximum absolute atomic E-state index is 11.8. The quantitative estimate of drug-likeness (QED) is 0.610. The lowest BCUT2D eigenvalue weighted by molar-refractivity contribution is -0.139. The van der Waals surface area contributed by atoms with Crippen molar-refractivity contribution >= 4 is 38.4 Å². The number of carbonyl (C=O) groups is 2. The Kier molecular flexibility index (Phi) is 4.91. The first kappa shape index (κ1) is 15.5. The molecule has 1 rings (SSSR count). The van der Waals surface area contributed by atoms with Crippen LogP contribution in [0, 0.1) is 0 Å². The molecule has 1 atom stereocenters. The molecule has 0 saturated heterocycles. The molecule has 1 heterocycles. The first-order chi connectivity index (χ1) is 8.76. The van der Waals surface area contributed by atoms with Gasteiger partial charge in [-0.05, 0) is 6.42 Å². The normalized spacial score (nSPS) is 12.9. The second-order valence-electron chi connectivity index (χ2n) is 3.47. The van der Waals surface area contributed by atoms with Gasteiger partial charge in [0.1, 0.15) is 6.04 Å². The van der Waals surface area contributed by atoms with E-state index in [0.29, 0.717) is 11.3 Å². The summed E-state index contributed by atoms with van der Waals surface area (Å²) in [5.41, 5.74) is 0. The predicted octanol–water partition coefficient (Wildman–Crippen LogP) is -0.362. The minimum absolute atomic E-state index is 0.0243. The van der Waals surface area contributed by atoms with Crippen LogP contribution in [0.2, 0.25) is 0 Å². The molecule has 19 heavy (non-hydrogen) atoms. The van der Waals surface area contributed by atoms with Gasteiger partial charge in [0.15, 0.2) is 0 Å². The monoisotopic (exact) mass is 308 g/mol. The number of hydrogen-bond acceptors (Lipinski definition) is 7. The van der Waals surface area contributed by atoms with E-state index in [1.54, 1.807) is 0 Å². The van der Waals surface area contributed by atoms with Gasteiger partial charge in [0.05, 0.1) is 0 Å². The van der Waals surface area contributed by atoms with Crippen LogP contribution >= 0.6 is 11.3 Å². The Balaban J connectivity index is 2.91. The summed E-state index contributed by atoms with van der Waals surface area (Å²) in [7, 11) is -4.07. The molecule has 0 saturated carbocycles. The predicted molar refractivity (Wildman–Crippen MR) is 66.2 cm³/mol. The number of anilines is 1. The Morgan fingerprint density at radius 3 is 2.53 bits per heavy atom. The molecule has 0 aromatic carbocycles. The van der Waals surface area contributed by atoms with Crippen LogP contribution in [0.15, 0.2) is 4.34 Å². The summed E-state index contributed by atoms with van der Waals surface area (Å²) in [6, 6.07) is -1.24. The number of aliphatic carboxylic acids is 1. The van der Waals surface area contributed by atoms with Crippen molar-refractivity contribution in [1.82, 2.24) is 14.9 Å². The highest BCUT2D eigenvalue weighted by Gasteiger charge is 2.27. The van der Waals surface area contributed by atoms with Crippen LogP contribution in [-0.2, 0) is 19.6 Å². The molecule has 1 amide bonds. The van der Waals surface area contributed by atoms with E-state index in [9.17, 15) is 18.0 Å².